The van der Waals surface area contributed by atoms with Crippen LogP contribution in [0.1, 0.15) is 0 Å². The molecule has 0 atom stereocenters. The fourth-order valence-electron chi connectivity index (χ4n) is 3.73. The van der Waals surface area contributed by atoms with Crippen molar-refractivity contribution in [3.63, 3.8) is 0 Å². The number of hydrogen-bond acceptors (Lipinski definition) is 8. The minimum absolute atomic E-state index is 0.346. The minimum Gasteiger partial charge on any atom is -0.282 e. The lowest BCUT2D eigenvalue weighted by Gasteiger charge is -2.18. The van der Waals surface area contributed by atoms with Gasteiger partial charge < -0.3 is 0 Å². The van der Waals surface area contributed by atoms with Crippen LogP contribution in [-0.2, 0) is 40.5 Å². The van der Waals surface area contributed by atoms with Gasteiger partial charge in [0.15, 0.2) is 0 Å². The van der Waals surface area contributed by atoms with E-state index in [1.165, 1.54) is 0 Å². The van der Waals surface area contributed by atoms with E-state index in [4.69, 9.17) is 0 Å². The average molecular weight is 523 g/mol. The topological polar surface area (TPSA) is 217 Å². The SMILES string of the molecule is O=S(=O)(O)c1cc2c(S(=O)(=O)O)ccc3c(S(=O)(=O)O)cc4c(S(=O)(=O)O)ccc1c4c32. The maximum Gasteiger partial charge on any atom is 0.295 e. The predicted molar refractivity (Wildman–Crippen MR) is 109 cm³/mol. The first kappa shape index (κ1) is 22.7. The largest absolute Gasteiger partial charge is 0.295 e. The first-order valence-corrected chi connectivity index (χ1v) is 13.9. The fourth-order valence-corrected chi connectivity index (χ4v) is 6.52. The normalized spacial score (nSPS) is 14.0. The van der Waals surface area contributed by atoms with Crippen LogP contribution in [0.4, 0.5) is 0 Å². The molecule has 0 aliphatic carbocycles. The Bertz CT molecular complexity index is 1760. The van der Waals surface area contributed by atoms with Crippen molar-refractivity contribution in [2.75, 3.05) is 0 Å². The zero-order valence-corrected chi connectivity index (χ0v) is 18.4. The molecule has 4 rings (SSSR count). The van der Waals surface area contributed by atoms with E-state index < -0.39 is 70.8 Å². The van der Waals surface area contributed by atoms with Gasteiger partial charge >= 0.3 is 0 Å². The van der Waals surface area contributed by atoms with E-state index in [1.54, 1.807) is 0 Å². The summed E-state index contributed by atoms with van der Waals surface area (Å²) in [5.41, 5.74) is 0. The van der Waals surface area contributed by atoms with E-state index >= 15 is 0 Å². The van der Waals surface area contributed by atoms with Gasteiger partial charge in [0.1, 0.15) is 19.6 Å². The molecule has 170 valence electrons. The van der Waals surface area contributed by atoms with E-state index in [0.717, 1.165) is 24.3 Å². The number of hydrogen-bond donors (Lipinski definition) is 4. The Labute approximate surface area is 180 Å². The third-order valence-corrected chi connectivity index (χ3v) is 8.47. The van der Waals surface area contributed by atoms with E-state index in [9.17, 15) is 51.9 Å². The third kappa shape index (κ3) is 3.41. The Morgan fingerprint density at radius 1 is 0.406 bits per heavy atom. The molecule has 0 saturated heterocycles. The third-order valence-electron chi connectivity index (χ3n) is 4.85. The second-order valence-electron chi connectivity index (χ2n) is 6.72. The van der Waals surface area contributed by atoms with Gasteiger partial charge in [-0.1, -0.05) is 12.1 Å². The molecular weight excluding hydrogens is 512 g/mol. The molecule has 0 aliphatic heterocycles. The summed E-state index contributed by atoms with van der Waals surface area (Å²) >= 11 is 0. The van der Waals surface area contributed by atoms with Crippen LogP contribution >= 0.6 is 0 Å². The molecule has 32 heavy (non-hydrogen) atoms. The lowest BCUT2D eigenvalue weighted by atomic mass is 9.94. The molecule has 0 aromatic heterocycles. The minimum atomic E-state index is -5.06. The molecule has 0 unspecified atom stereocenters. The molecule has 0 amide bonds. The van der Waals surface area contributed by atoms with Gasteiger partial charge in [-0.25, -0.2) is 0 Å². The quantitative estimate of drug-likeness (QED) is 0.222. The van der Waals surface area contributed by atoms with Crippen molar-refractivity contribution in [2.24, 2.45) is 0 Å². The highest BCUT2D eigenvalue weighted by atomic mass is 32.2. The zero-order chi connectivity index (χ0) is 24.0. The van der Waals surface area contributed by atoms with Crippen molar-refractivity contribution in [3.8, 4) is 0 Å². The molecule has 4 aromatic rings. The van der Waals surface area contributed by atoms with E-state index in [0.29, 0.717) is 12.1 Å². The van der Waals surface area contributed by atoms with Crippen LogP contribution < -0.4 is 0 Å². The van der Waals surface area contributed by atoms with Crippen LogP contribution in [0.15, 0.2) is 56.0 Å². The Hall–Kier alpha value is -2.44. The smallest absolute Gasteiger partial charge is 0.282 e. The highest BCUT2D eigenvalue weighted by Gasteiger charge is 2.29. The van der Waals surface area contributed by atoms with Crippen LogP contribution in [0.25, 0.3) is 32.3 Å². The lowest BCUT2D eigenvalue weighted by molar-refractivity contribution is 0.480. The molecule has 0 heterocycles. The molecule has 0 aliphatic rings. The highest BCUT2D eigenvalue weighted by molar-refractivity contribution is 7.87. The summed E-state index contributed by atoms with van der Waals surface area (Å²) in [6, 6.07) is 4.60. The molecular formula is C16H10O12S4. The maximum absolute atomic E-state index is 12.0. The molecule has 16 heteroatoms. The summed E-state index contributed by atoms with van der Waals surface area (Å²) in [6.45, 7) is 0. The Morgan fingerprint density at radius 2 is 0.688 bits per heavy atom. The van der Waals surface area contributed by atoms with Crippen LogP contribution in [-0.4, -0.2) is 51.9 Å². The predicted octanol–water partition coefficient (Wildman–Crippen LogP) is 1.57. The second-order valence-corrected chi connectivity index (χ2v) is 12.3. The summed E-state index contributed by atoms with van der Waals surface area (Å²) in [6.07, 6.45) is 0. The van der Waals surface area contributed by atoms with Crippen molar-refractivity contribution in [1.82, 2.24) is 0 Å². The van der Waals surface area contributed by atoms with Gasteiger partial charge in [0.25, 0.3) is 40.5 Å². The van der Waals surface area contributed by atoms with Gasteiger partial charge in [-0.05, 0) is 24.3 Å². The van der Waals surface area contributed by atoms with Gasteiger partial charge in [-0.3, -0.25) is 18.2 Å². The summed E-state index contributed by atoms with van der Waals surface area (Å²) in [5.74, 6) is 0. The molecule has 0 spiro atoms. The zero-order valence-electron chi connectivity index (χ0n) is 15.2. The average Bonchev–Trinajstić information content (AvgIpc) is 2.61. The lowest BCUT2D eigenvalue weighted by Crippen LogP contribution is -2.08. The van der Waals surface area contributed by atoms with Gasteiger partial charge in [-0.15, -0.1) is 0 Å². The maximum atomic E-state index is 12.0. The summed E-state index contributed by atoms with van der Waals surface area (Å²) in [5, 5.41) is -2.60. The summed E-state index contributed by atoms with van der Waals surface area (Å²) < 4.78 is 134. The molecule has 0 fully saturated rings. The van der Waals surface area contributed by atoms with E-state index in [-0.39, 0.29) is 21.5 Å². The van der Waals surface area contributed by atoms with Crippen molar-refractivity contribution in [1.29, 1.82) is 0 Å². The highest BCUT2D eigenvalue weighted by Crippen LogP contribution is 2.44. The second kappa shape index (κ2) is 6.55. The Balaban J connectivity index is 2.55. The summed E-state index contributed by atoms with van der Waals surface area (Å²) in [7, 11) is -20.2. The van der Waals surface area contributed by atoms with Crippen LogP contribution in [0.2, 0.25) is 0 Å². The number of benzene rings is 4. The van der Waals surface area contributed by atoms with Crippen LogP contribution in [0.5, 0.6) is 0 Å². The first-order valence-electron chi connectivity index (χ1n) is 8.11. The molecule has 0 saturated carbocycles. The Kier molecular flexibility index (Phi) is 4.65. The molecule has 0 bridgehead atoms. The molecule has 12 nitrogen and oxygen atoms in total. The Morgan fingerprint density at radius 3 is 0.938 bits per heavy atom. The van der Waals surface area contributed by atoms with Gasteiger partial charge in [0, 0.05) is 32.3 Å². The van der Waals surface area contributed by atoms with Crippen molar-refractivity contribution >= 4 is 72.8 Å². The molecule has 0 radical (unpaired) electrons. The standard InChI is InChI=1S/C16H10O12S4/c17-29(18,19)11-3-1-7-13(31(23,24)25)5-10-12(30(20,21)22)4-2-8-14(32(26,27)28)6-9(11)15(7)16(8)10/h1-6H,(H,17,18,19)(H,20,21,22)(H,23,24,25)(H,26,27,28). The summed E-state index contributed by atoms with van der Waals surface area (Å²) in [4.78, 5) is -3.53. The van der Waals surface area contributed by atoms with E-state index in [2.05, 4.69) is 0 Å². The van der Waals surface area contributed by atoms with Gasteiger partial charge in [0.05, 0.1) is 0 Å². The van der Waals surface area contributed by atoms with Crippen molar-refractivity contribution in [2.45, 2.75) is 19.6 Å². The monoisotopic (exact) mass is 522 g/mol. The van der Waals surface area contributed by atoms with Crippen molar-refractivity contribution < 1.29 is 51.9 Å². The first-order chi connectivity index (χ1) is 14.4. The molecule has 4 N–H and O–H groups in total. The van der Waals surface area contributed by atoms with Crippen molar-refractivity contribution in [3.05, 3.63) is 36.4 Å². The fraction of sp³-hybridized carbons (Fsp3) is 0. The van der Waals surface area contributed by atoms with Crippen LogP contribution in [0.3, 0.4) is 0 Å². The van der Waals surface area contributed by atoms with Gasteiger partial charge in [-0.2, -0.15) is 33.7 Å². The van der Waals surface area contributed by atoms with E-state index in [1.807, 2.05) is 0 Å². The van der Waals surface area contributed by atoms with Gasteiger partial charge in [0.2, 0.25) is 0 Å². The van der Waals surface area contributed by atoms with Crippen LogP contribution in [0, 0.1) is 0 Å². The molecule has 4 aromatic carbocycles. The number of rotatable bonds is 4.